The molecule has 0 unspecified atom stereocenters. The molecular formula is C20H25ClN4O3. The Morgan fingerprint density at radius 1 is 1.14 bits per heavy atom. The van der Waals surface area contributed by atoms with Gasteiger partial charge in [-0.2, -0.15) is 0 Å². The van der Waals surface area contributed by atoms with Gasteiger partial charge in [-0.05, 0) is 29.8 Å². The first-order chi connectivity index (χ1) is 13.6. The van der Waals surface area contributed by atoms with Crippen LogP contribution in [-0.4, -0.2) is 61.2 Å². The molecule has 1 N–H and O–H groups in total. The van der Waals surface area contributed by atoms with E-state index in [1.165, 1.54) is 0 Å². The second-order valence-electron chi connectivity index (χ2n) is 6.59. The quantitative estimate of drug-likeness (QED) is 0.750. The average molecular weight is 405 g/mol. The van der Waals surface area contributed by atoms with Crippen molar-refractivity contribution in [3.05, 3.63) is 52.8 Å². The van der Waals surface area contributed by atoms with Crippen molar-refractivity contribution >= 4 is 17.6 Å². The van der Waals surface area contributed by atoms with Crippen molar-refractivity contribution in [2.24, 2.45) is 0 Å². The maximum absolute atomic E-state index is 12.4. The minimum Gasteiger partial charge on any atom is -0.497 e. The lowest BCUT2D eigenvalue weighted by atomic mass is 10.1. The van der Waals surface area contributed by atoms with Crippen molar-refractivity contribution in [2.75, 3.05) is 40.4 Å². The average Bonchev–Trinajstić information content (AvgIpc) is 2.73. The fourth-order valence-corrected chi connectivity index (χ4v) is 3.27. The Kier molecular flexibility index (Phi) is 6.95. The molecule has 1 aromatic carbocycles. The van der Waals surface area contributed by atoms with Gasteiger partial charge in [0.25, 0.3) is 0 Å². The zero-order chi connectivity index (χ0) is 19.9. The largest absolute Gasteiger partial charge is 0.497 e. The molecule has 1 aromatic heterocycles. The zero-order valence-electron chi connectivity index (χ0n) is 16.2. The third-order valence-corrected chi connectivity index (χ3v) is 5.00. The first kappa shape index (κ1) is 20.2. The fraction of sp³-hybridized carbons (Fsp3) is 0.400. The van der Waals surface area contributed by atoms with Gasteiger partial charge < -0.3 is 19.7 Å². The minimum atomic E-state index is -0.0615. The first-order valence-electron chi connectivity index (χ1n) is 9.15. The van der Waals surface area contributed by atoms with Crippen LogP contribution in [0.3, 0.4) is 0 Å². The van der Waals surface area contributed by atoms with Crippen molar-refractivity contribution in [3.63, 3.8) is 0 Å². The van der Waals surface area contributed by atoms with Gasteiger partial charge in [-0.25, -0.2) is 9.78 Å². The van der Waals surface area contributed by atoms with Gasteiger partial charge >= 0.3 is 6.03 Å². The third-order valence-electron chi connectivity index (χ3n) is 4.77. The molecule has 1 saturated heterocycles. The van der Waals surface area contributed by atoms with Crippen LogP contribution >= 0.6 is 11.6 Å². The van der Waals surface area contributed by atoms with Crippen LogP contribution in [0, 0.1) is 0 Å². The van der Waals surface area contributed by atoms with E-state index in [0.29, 0.717) is 24.8 Å². The second kappa shape index (κ2) is 9.61. The van der Waals surface area contributed by atoms with Crippen LogP contribution in [-0.2, 0) is 13.1 Å². The molecule has 2 aromatic rings. The van der Waals surface area contributed by atoms with Gasteiger partial charge in [-0.1, -0.05) is 17.7 Å². The topological polar surface area (TPSA) is 66.9 Å². The smallest absolute Gasteiger partial charge is 0.317 e. The number of rotatable bonds is 6. The number of nitrogens with zero attached hydrogens (tertiary/aromatic N) is 3. The molecule has 8 heteroatoms. The number of hydrogen-bond acceptors (Lipinski definition) is 5. The summed E-state index contributed by atoms with van der Waals surface area (Å²) >= 11 is 5.78. The first-order valence-corrected chi connectivity index (χ1v) is 9.53. The summed E-state index contributed by atoms with van der Waals surface area (Å²) in [5.74, 6) is 1.66. The second-order valence-corrected chi connectivity index (χ2v) is 6.98. The predicted octanol–water partition coefficient (Wildman–Crippen LogP) is 2.78. The predicted molar refractivity (Wildman–Crippen MR) is 108 cm³/mol. The molecule has 0 radical (unpaired) electrons. The van der Waals surface area contributed by atoms with Gasteiger partial charge in [-0.3, -0.25) is 4.90 Å². The van der Waals surface area contributed by atoms with E-state index in [0.717, 1.165) is 42.3 Å². The van der Waals surface area contributed by atoms with Crippen LogP contribution in [0.15, 0.2) is 36.5 Å². The fourth-order valence-electron chi connectivity index (χ4n) is 3.16. The molecule has 28 heavy (non-hydrogen) atoms. The molecule has 0 spiro atoms. The molecule has 0 bridgehead atoms. The van der Waals surface area contributed by atoms with E-state index in [9.17, 15) is 4.79 Å². The summed E-state index contributed by atoms with van der Waals surface area (Å²) in [5, 5.41) is 3.38. The van der Waals surface area contributed by atoms with Crippen molar-refractivity contribution in [1.29, 1.82) is 0 Å². The van der Waals surface area contributed by atoms with Crippen molar-refractivity contribution in [1.82, 2.24) is 20.1 Å². The molecule has 1 fully saturated rings. The number of carbonyl (C=O) groups is 1. The Morgan fingerprint density at radius 2 is 1.93 bits per heavy atom. The summed E-state index contributed by atoms with van der Waals surface area (Å²) in [6.07, 6.45) is 1.67. The van der Waals surface area contributed by atoms with Crippen molar-refractivity contribution < 1.29 is 14.3 Å². The highest BCUT2D eigenvalue weighted by atomic mass is 35.5. The SMILES string of the molecule is COc1ccc(OC)c(CN2CCN(C(=O)NCc3ccc(Cl)nc3)CC2)c1. The third kappa shape index (κ3) is 5.27. The standard InChI is InChI=1S/C20H25ClN4O3/c1-27-17-4-5-18(28-2)16(11-17)14-24-7-9-25(10-8-24)20(26)23-13-15-3-6-19(21)22-12-15/h3-6,11-12H,7-10,13-14H2,1-2H3,(H,23,26). The molecule has 3 rings (SSSR count). The monoisotopic (exact) mass is 404 g/mol. The summed E-state index contributed by atoms with van der Waals surface area (Å²) in [6, 6.07) is 9.32. The van der Waals surface area contributed by atoms with Gasteiger partial charge in [0.05, 0.1) is 14.2 Å². The van der Waals surface area contributed by atoms with E-state index in [4.69, 9.17) is 21.1 Å². The highest BCUT2D eigenvalue weighted by molar-refractivity contribution is 6.29. The lowest BCUT2D eigenvalue weighted by Gasteiger charge is -2.35. The number of urea groups is 1. The molecule has 0 saturated carbocycles. The Bertz CT molecular complexity index is 793. The van der Waals surface area contributed by atoms with E-state index in [1.54, 1.807) is 26.5 Å². The Labute approximate surface area is 170 Å². The number of pyridine rings is 1. The van der Waals surface area contributed by atoms with Crippen LogP contribution in [0.2, 0.25) is 5.15 Å². The summed E-state index contributed by atoms with van der Waals surface area (Å²) in [6.45, 7) is 4.15. The van der Waals surface area contributed by atoms with E-state index in [2.05, 4.69) is 15.2 Å². The lowest BCUT2D eigenvalue weighted by Crippen LogP contribution is -2.51. The maximum Gasteiger partial charge on any atom is 0.317 e. The summed E-state index contributed by atoms with van der Waals surface area (Å²) in [5.41, 5.74) is 2.00. The van der Waals surface area contributed by atoms with Gasteiger partial charge in [0.1, 0.15) is 16.7 Å². The summed E-state index contributed by atoms with van der Waals surface area (Å²) < 4.78 is 10.8. The highest BCUT2D eigenvalue weighted by Crippen LogP contribution is 2.25. The molecule has 0 atom stereocenters. The Balaban J connectivity index is 1.49. The van der Waals surface area contributed by atoms with E-state index >= 15 is 0 Å². The Hall–Kier alpha value is -2.51. The molecule has 0 aliphatic carbocycles. The zero-order valence-corrected chi connectivity index (χ0v) is 16.9. The highest BCUT2D eigenvalue weighted by Gasteiger charge is 2.22. The van der Waals surface area contributed by atoms with Crippen LogP contribution in [0.4, 0.5) is 4.79 Å². The van der Waals surface area contributed by atoms with Crippen LogP contribution in [0.25, 0.3) is 0 Å². The van der Waals surface area contributed by atoms with Gasteiger partial charge in [-0.15, -0.1) is 0 Å². The number of halogens is 1. The normalized spacial score (nSPS) is 14.6. The Morgan fingerprint density at radius 3 is 2.57 bits per heavy atom. The molecule has 1 aliphatic rings. The molecule has 150 valence electrons. The molecular weight excluding hydrogens is 380 g/mol. The van der Waals surface area contributed by atoms with Gasteiger partial charge in [0.15, 0.2) is 0 Å². The van der Waals surface area contributed by atoms with Crippen LogP contribution in [0.5, 0.6) is 11.5 Å². The number of hydrogen-bond donors (Lipinski definition) is 1. The maximum atomic E-state index is 12.4. The van der Waals surface area contributed by atoms with Crippen molar-refractivity contribution in [3.8, 4) is 11.5 Å². The van der Waals surface area contributed by atoms with E-state index in [-0.39, 0.29) is 6.03 Å². The number of piperazine rings is 1. The molecule has 7 nitrogen and oxygen atoms in total. The molecule has 2 heterocycles. The minimum absolute atomic E-state index is 0.0615. The summed E-state index contributed by atoms with van der Waals surface area (Å²) in [7, 11) is 3.33. The lowest BCUT2D eigenvalue weighted by molar-refractivity contribution is 0.134. The van der Waals surface area contributed by atoms with E-state index < -0.39 is 0 Å². The van der Waals surface area contributed by atoms with Gasteiger partial charge in [0, 0.05) is 51.0 Å². The van der Waals surface area contributed by atoms with Crippen LogP contribution < -0.4 is 14.8 Å². The number of amides is 2. The number of methoxy groups -OCH3 is 2. The molecule has 2 amide bonds. The van der Waals surface area contributed by atoms with Gasteiger partial charge in [0.2, 0.25) is 0 Å². The summed E-state index contributed by atoms with van der Waals surface area (Å²) in [4.78, 5) is 20.6. The molecule has 1 aliphatic heterocycles. The van der Waals surface area contributed by atoms with Crippen molar-refractivity contribution in [2.45, 2.75) is 13.1 Å². The number of carbonyl (C=O) groups excluding carboxylic acids is 1. The number of ether oxygens (including phenoxy) is 2. The number of benzene rings is 1. The van der Waals surface area contributed by atoms with E-state index in [1.807, 2.05) is 29.2 Å². The number of nitrogens with one attached hydrogen (secondary N) is 1. The van der Waals surface area contributed by atoms with Crippen LogP contribution in [0.1, 0.15) is 11.1 Å². The number of aromatic nitrogens is 1.